The lowest BCUT2D eigenvalue weighted by Gasteiger charge is -2.15. The maximum atomic E-state index is 11.3. The molecular weight excluding hydrogens is 286 g/mol. The lowest BCUT2D eigenvalue weighted by atomic mass is 10.1. The Morgan fingerprint density at radius 1 is 1.14 bits per heavy atom. The predicted molar refractivity (Wildman–Crippen MR) is 85.6 cm³/mol. The van der Waals surface area contributed by atoms with E-state index < -0.39 is 0 Å². The molecule has 1 heterocycles. The summed E-state index contributed by atoms with van der Waals surface area (Å²) in [5.41, 5.74) is 3.65. The average molecular weight is 302 g/mol. The van der Waals surface area contributed by atoms with Crippen molar-refractivity contribution in [2.75, 3.05) is 0 Å². The third kappa shape index (κ3) is 3.01. The summed E-state index contributed by atoms with van der Waals surface area (Å²) in [5, 5.41) is 4.21. The highest BCUT2D eigenvalue weighted by Crippen LogP contribution is 2.19. The van der Waals surface area contributed by atoms with Crippen molar-refractivity contribution in [3.05, 3.63) is 69.1 Å². The van der Waals surface area contributed by atoms with Crippen LogP contribution in [0.3, 0.4) is 0 Å². The van der Waals surface area contributed by atoms with Gasteiger partial charge < -0.3 is 15.3 Å². The molecule has 0 saturated carbocycles. The van der Waals surface area contributed by atoms with Gasteiger partial charge in [-0.1, -0.05) is 35.9 Å². The smallest absolute Gasteiger partial charge is 0.306 e. The van der Waals surface area contributed by atoms with Gasteiger partial charge in [-0.2, -0.15) is 0 Å². The van der Waals surface area contributed by atoms with Gasteiger partial charge in [-0.25, -0.2) is 4.79 Å². The van der Waals surface area contributed by atoms with Crippen LogP contribution in [0.25, 0.3) is 11.0 Å². The maximum Gasteiger partial charge on any atom is 0.323 e. The second-order valence-corrected chi connectivity index (χ2v) is 5.49. The van der Waals surface area contributed by atoms with Crippen molar-refractivity contribution in [1.29, 1.82) is 0 Å². The van der Waals surface area contributed by atoms with E-state index in [9.17, 15) is 4.79 Å². The molecule has 3 aromatic rings. The topological polar surface area (TPSA) is 60.7 Å². The standard InChI is InChI=1S/C16H16ClN3O/c1-10(18-9-12-4-2-3-5-13(12)17)11-6-7-14-15(8-11)20-16(21)19-14/h2-8,10,18H,9H2,1H3,(H2,19,20,21)/t10-/m0/s1. The molecule has 0 amide bonds. The largest absolute Gasteiger partial charge is 0.323 e. The van der Waals surface area contributed by atoms with Gasteiger partial charge in [0.2, 0.25) is 0 Å². The van der Waals surface area contributed by atoms with Crippen molar-refractivity contribution in [3.63, 3.8) is 0 Å². The lowest BCUT2D eigenvalue weighted by molar-refractivity contribution is 0.575. The van der Waals surface area contributed by atoms with Gasteiger partial charge in [0.1, 0.15) is 0 Å². The molecule has 2 aromatic carbocycles. The quantitative estimate of drug-likeness (QED) is 0.692. The van der Waals surface area contributed by atoms with Crippen LogP contribution in [0, 0.1) is 0 Å². The van der Waals surface area contributed by atoms with E-state index in [1.807, 2.05) is 42.5 Å². The molecule has 108 valence electrons. The zero-order chi connectivity index (χ0) is 14.8. The minimum Gasteiger partial charge on any atom is -0.306 e. The van der Waals surface area contributed by atoms with Gasteiger partial charge in [-0.3, -0.25) is 0 Å². The summed E-state index contributed by atoms with van der Waals surface area (Å²) in [7, 11) is 0. The summed E-state index contributed by atoms with van der Waals surface area (Å²) in [5.74, 6) is 0. The molecule has 21 heavy (non-hydrogen) atoms. The van der Waals surface area contributed by atoms with E-state index in [2.05, 4.69) is 22.2 Å². The molecule has 0 bridgehead atoms. The molecule has 0 saturated heterocycles. The Labute approximate surface area is 127 Å². The Bertz CT molecular complexity index is 822. The number of rotatable bonds is 4. The summed E-state index contributed by atoms with van der Waals surface area (Å²) in [6, 6.07) is 13.9. The molecule has 0 aliphatic rings. The molecule has 4 nitrogen and oxygen atoms in total. The third-order valence-electron chi connectivity index (χ3n) is 3.60. The van der Waals surface area contributed by atoms with Crippen LogP contribution < -0.4 is 11.0 Å². The van der Waals surface area contributed by atoms with Crippen LogP contribution in [0.15, 0.2) is 47.3 Å². The first-order chi connectivity index (χ1) is 10.1. The van der Waals surface area contributed by atoms with E-state index in [1.54, 1.807) is 0 Å². The number of hydrogen-bond donors (Lipinski definition) is 3. The van der Waals surface area contributed by atoms with Crippen LogP contribution in [0.2, 0.25) is 5.02 Å². The molecule has 1 aromatic heterocycles. The van der Waals surface area contributed by atoms with Gasteiger partial charge in [0.15, 0.2) is 0 Å². The van der Waals surface area contributed by atoms with Gasteiger partial charge in [0.05, 0.1) is 11.0 Å². The Morgan fingerprint density at radius 2 is 1.90 bits per heavy atom. The molecule has 0 unspecified atom stereocenters. The number of imidazole rings is 1. The van der Waals surface area contributed by atoms with E-state index in [0.717, 1.165) is 27.2 Å². The zero-order valence-corrected chi connectivity index (χ0v) is 12.4. The van der Waals surface area contributed by atoms with E-state index in [-0.39, 0.29) is 11.7 Å². The molecule has 0 aliphatic carbocycles. The highest BCUT2D eigenvalue weighted by atomic mass is 35.5. The van der Waals surface area contributed by atoms with Crippen LogP contribution in [0.5, 0.6) is 0 Å². The highest BCUT2D eigenvalue weighted by molar-refractivity contribution is 6.31. The first kappa shape index (κ1) is 13.9. The Morgan fingerprint density at radius 3 is 2.71 bits per heavy atom. The first-order valence-electron chi connectivity index (χ1n) is 6.82. The van der Waals surface area contributed by atoms with Gasteiger partial charge in [0.25, 0.3) is 0 Å². The predicted octanol–water partition coefficient (Wildman–Crippen LogP) is 3.36. The molecule has 0 spiro atoms. The summed E-state index contributed by atoms with van der Waals surface area (Å²) >= 11 is 6.15. The second kappa shape index (κ2) is 5.76. The van der Waals surface area contributed by atoms with Crippen molar-refractivity contribution in [3.8, 4) is 0 Å². The van der Waals surface area contributed by atoms with Crippen LogP contribution in [0.4, 0.5) is 0 Å². The van der Waals surface area contributed by atoms with Crippen molar-refractivity contribution < 1.29 is 0 Å². The van der Waals surface area contributed by atoms with Crippen LogP contribution >= 0.6 is 11.6 Å². The second-order valence-electron chi connectivity index (χ2n) is 5.08. The van der Waals surface area contributed by atoms with Crippen molar-refractivity contribution >= 4 is 22.6 Å². The van der Waals surface area contributed by atoms with Crippen molar-refractivity contribution in [2.24, 2.45) is 0 Å². The molecule has 1 atom stereocenters. The molecule has 0 fully saturated rings. The van der Waals surface area contributed by atoms with Crippen LogP contribution in [0.1, 0.15) is 24.1 Å². The summed E-state index contributed by atoms with van der Waals surface area (Å²) in [6.45, 7) is 2.78. The van der Waals surface area contributed by atoms with Crippen molar-refractivity contribution in [2.45, 2.75) is 19.5 Å². The number of aromatic nitrogens is 2. The van der Waals surface area contributed by atoms with Crippen LogP contribution in [-0.2, 0) is 6.54 Å². The number of hydrogen-bond acceptors (Lipinski definition) is 2. The number of benzene rings is 2. The van der Waals surface area contributed by atoms with E-state index in [1.165, 1.54) is 0 Å². The fraction of sp³-hybridized carbons (Fsp3) is 0.188. The van der Waals surface area contributed by atoms with E-state index >= 15 is 0 Å². The van der Waals surface area contributed by atoms with Gasteiger partial charge in [0, 0.05) is 17.6 Å². The highest BCUT2D eigenvalue weighted by Gasteiger charge is 2.08. The molecular formula is C16H16ClN3O. The normalized spacial score (nSPS) is 12.7. The molecule has 0 radical (unpaired) electrons. The number of nitrogens with one attached hydrogen (secondary N) is 3. The van der Waals surface area contributed by atoms with Gasteiger partial charge >= 0.3 is 5.69 Å². The molecule has 3 rings (SSSR count). The molecule has 5 heteroatoms. The Balaban J connectivity index is 1.76. The van der Waals surface area contributed by atoms with E-state index in [4.69, 9.17) is 11.6 Å². The summed E-state index contributed by atoms with van der Waals surface area (Å²) < 4.78 is 0. The summed E-state index contributed by atoms with van der Waals surface area (Å²) in [4.78, 5) is 16.8. The van der Waals surface area contributed by atoms with Gasteiger partial charge in [-0.15, -0.1) is 0 Å². The van der Waals surface area contributed by atoms with Crippen molar-refractivity contribution in [1.82, 2.24) is 15.3 Å². The van der Waals surface area contributed by atoms with E-state index in [0.29, 0.717) is 6.54 Å². The minimum absolute atomic E-state index is 0.157. The van der Waals surface area contributed by atoms with Gasteiger partial charge in [-0.05, 0) is 36.2 Å². The number of halogens is 1. The average Bonchev–Trinajstić information content (AvgIpc) is 2.85. The fourth-order valence-corrected chi connectivity index (χ4v) is 2.54. The fourth-order valence-electron chi connectivity index (χ4n) is 2.34. The third-order valence-corrected chi connectivity index (χ3v) is 3.97. The Hall–Kier alpha value is -2.04. The molecule has 0 aliphatic heterocycles. The SMILES string of the molecule is C[C@H](NCc1ccccc1Cl)c1ccc2[nH]c(=O)[nH]c2c1. The van der Waals surface area contributed by atoms with Crippen LogP contribution in [-0.4, -0.2) is 9.97 Å². The monoisotopic (exact) mass is 301 g/mol. The lowest BCUT2D eigenvalue weighted by Crippen LogP contribution is -2.18. The first-order valence-corrected chi connectivity index (χ1v) is 7.20. The zero-order valence-electron chi connectivity index (χ0n) is 11.6. The number of H-pyrrole nitrogens is 2. The Kier molecular flexibility index (Phi) is 3.82. The number of aromatic amines is 2. The minimum atomic E-state index is -0.182. The number of fused-ring (bicyclic) bond motifs is 1. The molecule has 3 N–H and O–H groups in total. The summed E-state index contributed by atoms with van der Waals surface area (Å²) in [6.07, 6.45) is 0. The maximum absolute atomic E-state index is 11.3.